The Bertz CT molecular complexity index is 678. The molecule has 5 nitrogen and oxygen atoms in total. The second-order valence-electron chi connectivity index (χ2n) is 6.17. The van der Waals surface area contributed by atoms with E-state index in [1.165, 1.54) is 20.0 Å². The second kappa shape index (κ2) is 6.08. The third-order valence-corrected chi connectivity index (χ3v) is 4.52. The third-order valence-electron chi connectivity index (χ3n) is 4.52. The van der Waals surface area contributed by atoms with Gasteiger partial charge in [0.15, 0.2) is 0 Å². The fraction of sp³-hybridized carbons (Fsp3) is 0.529. The van der Waals surface area contributed by atoms with E-state index in [9.17, 15) is 4.79 Å². The van der Waals surface area contributed by atoms with Crippen molar-refractivity contribution in [1.29, 1.82) is 0 Å². The minimum Gasteiger partial charge on any atom is -0.464 e. The van der Waals surface area contributed by atoms with Crippen LogP contribution in [0.15, 0.2) is 24.4 Å². The molecule has 5 heteroatoms. The molecule has 1 fully saturated rings. The molecule has 0 aromatic carbocycles. The lowest BCUT2D eigenvalue weighted by Crippen LogP contribution is -2.37. The first-order valence-electron chi connectivity index (χ1n) is 7.91. The first-order chi connectivity index (χ1) is 10.6. The maximum absolute atomic E-state index is 12.0. The zero-order valence-electron chi connectivity index (χ0n) is 13.5. The molecule has 3 heterocycles. The monoisotopic (exact) mass is 301 g/mol. The van der Waals surface area contributed by atoms with Gasteiger partial charge in [-0.25, -0.2) is 9.78 Å². The first-order valence-corrected chi connectivity index (χ1v) is 7.91. The largest absolute Gasteiger partial charge is 0.464 e. The lowest BCUT2D eigenvalue weighted by Gasteiger charge is -2.28. The van der Waals surface area contributed by atoms with Crippen molar-refractivity contribution in [3.8, 4) is 0 Å². The molecule has 0 N–H and O–H groups in total. The molecule has 2 aromatic heterocycles. The molecule has 1 aliphatic heterocycles. The van der Waals surface area contributed by atoms with Crippen molar-refractivity contribution in [1.82, 2.24) is 14.3 Å². The van der Waals surface area contributed by atoms with Gasteiger partial charge < -0.3 is 4.74 Å². The third kappa shape index (κ3) is 2.61. The van der Waals surface area contributed by atoms with E-state index in [1.807, 2.05) is 22.7 Å². The zero-order valence-corrected chi connectivity index (χ0v) is 13.5. The Morgan fingerprint density at radius 2 is 2.27 bits per heavy atom. The lowest BCUT2D eigenvalue weighted by atomic mass is 10.1. The zero-order chi connectivity index (χ0) is 15.7. The van der Waals surface area contributed by atoms with Crippen molar-refractivity contribution in [3.05, 3.63) is 35.9 Å². The number of ether oxygens (including phenoxy) is 1. The van der Waals surface area contributed by atoms with Gasteiger partial charge in [0, 0.05) is 18.5 Å². The van der Waals surface area contributed by atoms with E-state index in [4.69, 9.17) is 4.74 Å². The van der Waals surface area contributed by atoms with Crippen LogP contribution < -0.4 is 0 Å². The van der Waals surface area contributed by atoms with Crippen molar-refractivity contribution in [2.24, 2.45) is 0 Å². The van der Waals surface area contributed by atoms with Gasteiger partial charge in [-0.1, -0.05) is 6.07 Å². The molecule has 1 atom stereocenters. The topological polar surface area (TPSA) is 46.8 Å². The summed E-state index contributed by atoms with van der Waals surface area (Å²) in [6, 6.07) is 6.66. The maximum Gasteiger partial charge on any atom is 0.355 e. The van der Waals surface area contributed by atoms with Crippen molar-refractivity contribution >= 4 is 11.5 Å². The predicted molar refractivity (Wildman–Crippen MR) is 85.1 cm³/mol. The fourth-order valence-corrected chi connectivity index (χ4v) is 3.49. The van der Waals surface area contributed by atoms with Gasteiger partial charge in [0.05, 0.1) is 18.8 Å². The number of rotatable bonds is 4. The molecule has 2 aromatic rings. The van der Waals surface area contributed by atoms with E-state index in [2.05, 4.69) is 23.7 Å². The Balaban J connectivity index is 1.96. The average Bonchev–Trinajstić information content (AvgIpc) is 3.14. The van der Waals surface area contributed by atoms with Gasteiger partial charge in [-0.2, -0.15) is 0 Å². The lowest BCUT2D eigenvalue weighted by molar-refractivity contribution is 0.0591. The number of carbonyl (C=O) groups is 1. The van der Waals surface area contributed by atoms with Gasteiger partial charge in [-0.05, 0) is 45.4 Å². The number of likely N-dealkylation sites (tertiary alicyclic amines) is 1. The fourth-order valence-electron chi connectivity index (χ4n) is 3.49. The van der Waals surface area contributed by atoms with E-state index in [0.29, 0.717) is 17.8 Å². The quantitative estimate of drug-likeness (QED) is 0.814. The number of aromatic nitrogens is 2. The number of nitrogens with zero attached hydrogens (tertiary/aromatic N) is 3. The molecule has 0 bridgehead atoms. The van der Waals surface area contributed by atoms with Gasteiger partial charge in [0.1, 0.15) is 11.5 Å². The number of pyridine rings is 1. The van der Waals surface area contributed by atoms with Crippen LogP contribution in [0.5, 0.6) is 0 Å². The van der Waals surface area contributed by atoms with Crippen LogP contribution in [-0.2, 0) is 11.2 Å². The van der Waals surface area contributed by atoms with Crippen LogP contribution in [0, 0.1) is 0 Å². The molecular formula is C17H23N3O2. The van der Waals surface area contributed by atoms with Gasteiger partial charge in [-0.3, -0.25) is 9.30 Å². The van der Waals surface area contributed by atoms with Crippen molar-refractivity contribution in [3.63, 3.8) is 0 Å². The number of fused-ring (bicyclic) bond motifs is 1. The molecule has 1 saturated heterocycles. The van der Waals surface area contributed by atoms with E-state index in [-0.39, 0.29) is 5.97 Å². The average molecular weight is 301 g/mol. The highest BCUT2D eigenvalue weighted by Crippen LogP contribution is 2.24. The highest BCUT2D eigenvalue weighted by atomic mass is 16.5. The maximum atomic E-state index is 12.0. The standard InChI is InChI=1S/C17H23N3O2/c1-12(2)19-9-5-7-13(19)10-16-18-11-14-6-4-8-15(20(14)16)17(21)22-3/h4,6,8,11-13H,5,7,9-10H2,1-3H3. The van der Waals surface area contributed by atoms with Gasteiger partial charge in [0.2, 0.25) is 0 Å². The summed E-state index contributed by atoms with van der Waals surface area (Å²) >= 11 is 0. The van der Waals surface area contributed by atoms with E-state index in [0.717, 1.165) is 24.3 Å². The van der Waals surface area contributed by atoms with Crippen molar-refractivity contribution in [2.75, 3.05) is 13.7 Å². The van der Waals surface area contributed by atoms with Crippen molar-refractivity contribution in [2.45, 2.75) is 45.2 Å². The summed E-state index contributed by atoms with van der Waals surface area (Å²) in [4.78, 5) is 19.1. The summed E-state index contributed by atoms with van der Waals surface area (Å²) in [5.74, 6) is 0.616. The van der Waals surface area contributed by atoms with Crippen LogP contribution in [-0.4, -0.2) is 46.0 Å². The van der Waals surface area contributed by atoms with E-state index >= 15 is 0 Å². The Hall–Kier alpha value is -1.88. The Kier molecular flexibility index (Phi) is 4.16. The molecule has 22 heavy (non-hydrogen) atoms. The second-order valence-corrected chi connectivity index (χ2v) is 6.17. The van der Waals surface area contributed by atoms with Crippen LogP contribution in [0.3, 0.4) is 0 Å². The number of hydrogen-bond acceptors (Lipinski definition) is 4. The van der Waals surface area contributed by atoms with Crippen LogP contribution in [0.25, 0.3) is 5.52 Å². The SMILES string of the molecule is COC(=O)c1cccc2cnc(CC3CCCN3C(C)C)n12. The van der Waals surface area contributed by atoms with Crippen LogP contribution in [0.4, 0.5) is 0 Å². The molecular weight excluding hydrogens is 278 g/mol. The number of methoxy groups -OCH3 is 1. The van der Waals surface area contributed by atoms with Gasteiger partial charge in [-0.15, -0.1) is 0 Å². The first kappa shape index (κ1) is 15.0. The number of imidazole rings is 1. The number of esters is 1. The molecule has 1 aliphatic rings. The summed E-state index contributed by atoms with van der Waals surface area (Å²) in [5, 5.41) is 0. The Labute approximate surface area is 130 Å². The van der Waals surface area contributed by atoms with Crippen LogP contribution in [0.2, 0.25) is 0 Å². The Morgan fingerprint density at radius 1 is 1.45 bits per heavy atom. The highest BCUT2D eigenvalue weighted by molar-refractivity contribution is 5.88. The van der Waals surface area contributed by atoms with Gasteiger partial charge >= 0.3 is 5.97 Å². The molecule has 1 unspecified atom stereocenters. The molecule has 118 valence electrons. The summed E-state index contributed by atoms with van der Waals surface area (Å²) in [6.45, 7) is 5.62. The van der Waals surface area contributed by atoms with Crippen LogP contribution >= 0.6 is 0 Å². The molecule has 0 amide bonds. The van der Waals surface area contributed by atoms with Crippen LogP contribution in [0.1, 0.15) is 43.0 Å². The normalized spacial score (nSPS) is 19.2. The highest BCUT2D eigenvalue weighted by Gasteiger charge is 2.28. The predicted octanol–water partition coefficient (Wildman–Crippen LogP) is 2.54. The summed E-state index contributed by atoms with van der Waals surface area (Å²) in [7, 11) is 1.41. The minimum atomic E-state index is -0.322. The van der Waals surface area contributed by atoms with Crippen molar-refractivity contribution < 1.29 is 9.53 Å². The van der Waals surface area contributed by atoms with E-state index < -0.39 is 0 Å². The molecule has 0 spiro atoms. The summed E-state index contributed by atoms with van der Waals surface area (Å²) < 4.78 is 6.83. The minimum absolute atomic E-state index is 0.322. The summed E-state index contributed by atoms with van der Waals surface area (Å²) in [6.07, 6.45) is 5.11. The molecule has 3 rings (SSSR count). The van der Waals surface area contributed by atoms with Gasteiger partial charge in [0.25, 0.3) is 0 Å². The Morgan fingerprint density at radius 3 is 3.00 bits per heavy atom. The number of carbonyl (C=O) groups excluding carboxylic acids is 1. The molecule has 0 aliphatic carbocycles. The number of hydrogen-bond donors (Lipinski definition) is 0. The smallest absolute Gasteiger partial charge is 0.355 e. The molecule has 0 radical (unpaired) electrons. The molecule has 0 saturated carbocycles. The van der Waals surface area contributed by atoms with E-state index in [1.54, 1.807) is 6.07 Å². The summed E-state index contributed by atoms with van der Waals surface area (Å²) in [5.41, 5.74) is 1.48.